The first kappa shape index (κ1) is 5.30. The molecule has 0 unspecified atom stereocenters. The van der Waals surface area contributed by atoms with Gasteiger partial charge in [0, 0.05) is 0 Å². The van der Waals surface area contributed by atoms with Crippen molar-refractivity contribution in [2.24, 2.45) is 0 Å². The summed E-state index contributed by atoms with van der Waals surface area (Å²) in [6, 6.07) is 0. The minimum Gasteiger partial charge on any atom is -0.00895 e. The van der Waals surface area contributed by atoms with E-state index in [0.717, 1.165) is 0 Å². The molecule has 0 aromatic rings. The van der Waals surface area contributed by atoms with Gasteiger partial charge < -0.3 is 0 Å². The van der Waals surface area contributed by atoms with Crippen molar-refractivity contribution in [2.75, 3.05) is 0 Å². The molecule has 0 spiro atoms. The van der Waals surface area contributed by atoms with Gasteiger partial charge in [0.25, 0.3) is 0 Å². The summed E-state index contributed by atoms with van der Waals surface area (Å²) in [6.45, 7) is 0. The van der Waals surface area contributed by atoms with Gasteiger partial charge in [-0.3, -0.25) is 0 Å². The lowest BCUT2D eigenvalue weighted by molar-refractivity contribution is -0.148. The van der Waals surface area contributed by atoms with E-state index in [1.807, 2.05) is 0 Å². The highest BCUT2D eigenvalue weighted by atomic mass is 36.0. The fraction of sp³-hybridized carbons (Fsp3) is 0. The summed E-state index contributed by atoms with van der Waals surface area (Å²) in [5.41, 5.74) is 0. The lowest BCUT2D eigenvalue weighted by Gasteiger charge is -1.52. The molecule has 0 fully saturated rings. The molecule has 0 saturated heterocycles. The molecule has 0 rings (SSSR count). The van der Waals surface area contributed by atoms with E-state index < -0.39 is 5.98 Å². The maximum Gasteiger partial charge on any atom is 0.394 e. The Kier molecular flexibility index (Phi) is 3.36. The molecule has 0 radical (unpaired) electrons. The van der Waals surface area contributed by atoms with Crippen molar-refractivity contribution in [2.45, 2.75) is 0 Å². The Morgan fingerprint density at radius 3 is 1.50 bits per heavy atom. The third kappa shape index (κ3) is 10.3. The van der Waals surface area contributed by atoms with E-state index in [9.17, 15) is 0 Å². The fourth-order valence-corrected chi connectivity index (χ4v) is 0. The molecule has 0 heterocycles. The van der Waals surface area contributed by atoms with Crippen molar-refractivity contribution in [3.8, 4) is 0 Å². The van der Waals surface area contributed by atoms with Crippen molar-refractivity contribution in [3.63, 3.8) is 0 Å². The predicted octanol–water partition coefficient (Wildman–Crippen LogP) is 1.97. The normalized spacial score (nSPS) is 9.00. The SMILES string of the molecule is ClP(Cl)[ClH+]. The van der Waals surface area contributed by atoms with E-state index in [0.29, 0.717) is 0 Å². The fourth-order valence-electron chi connectivity index (χ4n) is 0. The van der Waals surface area contributed by atoms with Crippen LogP contribution in [0.25, 0.3) is 0 Å². The van der Waals surface area contributed by atoms with Crippen LogP contribution < -0.4 is 0 Å². The second kappa shape index (κ2) is 2.53. The monoisotopic (exact) mass is 137 g/mol. The van der Waals surface area contributed by atoms with Gasteiger partial charge in [0.2, 0.25) is 0 Å². The first-order chi connectivity index (χ1) is 1.73. The van der Waals surface area contributed by atoms with Crippen LogP contribution in [0.5, 0.6) is 0 Å². The van der Waals surface area contributed by atoms with Crippen LogP contribution in [0.1, 0.15) is 0 Å². The molecule has 0 N–H and O–H groups in total. The molecule has 0 atom stereocenters. The Morgan fingerprint density at radius 1 is 1.50 bits per heavy atom. The van der Waals surface area contributed by atoms with E-state index in [2.05, 4.69) is 11.2 Å². The van der Waals surface area contributed by atoms with E-state index in [1.165, 1.54) is 0 Å². The molecule has 26 valence electrons. The van der Waals surface area contributed by atoms with E-state index in [-0.39, 0.29) is 0 Å². The van der Waals surface area contributed by atoms with Gasteiger partial charge >= 0.3 is 5.98 Å². The van der Waals surface area contributed by atoms with E-state index >= 15 is 0 Å². The van der Waals surface area contributed by atoms with Crippen LogP contribution in [-0.2, 0) is 0 Å². The maximum atomic E-state index is 4.92. The topological polar surface area (TPSA) is 0 Å². The van der Waals surface area contributed by atoms with Crippen LogP contribution in [0.3, 0.4) is 0 Å². The summed E-state index contributed by atoms with van der Waals surface area (Å²) < 4.78 is 0. The summed E-state index contributed by atoms with van der Waals surface area (Å²) in [4.78, 5) is 0. The summed E-state index contributed by atoms with van der Waals surface area (Å²) in [5.74, 6) is -1.09. The van der Waals surface area contributed by atoms with Crippen LogP contribution in [0.2, 0.25) is 0 Å². The zero-order valence-electron chi connectivity index (χ0n) is 1.61. The first-order valence-corrected chi connectivity index (χ1v) is 4.69. The van der Waals surface area contributed by atoms with E-state index in [1.54, 1.807) is 0 Å². The highest BCUT2D eigenvalue weighted by Crippen LogP contribution is 2.43. The molecule has 0 bridgehead atoms. The molecule has 0 aliphatic heterocycles. The van der Waals surface area contributed by atoms with Gasteiger partial charge in [-0.15, -0.1) is 0 Å². The van der Waals surface area contributed by atoms with Crippen LogP contribution in [0.4, 0.5) is 0 Å². The van der Waals surface area contributed by atoms with Crippen molar-refractivity contribution >= 4 is 28.5 Å². The highest BCUT2D eigenvalue weighted by molar-refractivity contribution is 7.98. The second-order valence-electron chi connectivity index (χ2n) is 0.202. The van der Waals surface area contributed by atoms with E-state index in [4.69, 9.17) is 22.5 Å². The van der Waals surface area contributed by atoms with Crippen molar-refractivity contribution in [3.05, 3.63) is 0 Å². The zero-order chi connectivity index (χ0) is 3.58. The smallest absolute Gasteiger partial charge is 0.00895 e. The molecule has 0 aliphatic rings. The maximum absolute atomic E-state index is 4.92. The van der Waals surface area contributed by atoms with Crippen LogP contribution in [0.15, 0.2) is 0 Å². The number of halogens is 3. The number of hydrogen-bond acceptors (Lipinski definition) is 0. The molecule has 0 amide bonds. The molecule has 0 nitrogen and oxygen atoms in total. The number of hydrogen-bond donors (Lipinski definition) is 0. The highest BCUT2D eigenvalue weighted by Gasteiger charge is 1.96. The average molecular weight is 138 g/mol. The Labute approximate surface area is 40.2 Å². The predicted molar refractivity (Wildman–Crippen MR) is 20.0 cm³/mol. The largest absolute Gasteiger partial charge is 0.394 e. The van der Waals surface area contributed by atoms with Gasteiger partial charge in [-0.25, -0.2) is 0 Å². The summed E-state index contributed by atoms with van der Waals surface area (Å²) in [6.07, 6.45) is 0. The van der Waals surface area contributed by atoms with Gasteiger partial charge in [0.05, 0.1) is 0 Å². The Bertz CT molecular complexity index is 8.00. The molecule has 0 aliphatic carbocycles. The lowest BCUT2D eigenvalue weighted by atomic mass is 30.4. The standard InChI is InChI=1S/Cl3HP/c1-4(2)3/h1H/q+1. The van der Waals surface area contributed by atoms with Gasteiger partial charge in [0.15, 0.2) is 11.2 Å². The lowest BCUT2D eigenvalue weighted by Crippen LogP contribution is -1.13. The molecular formula is HCl3P+. The summed E-state index contributed by atoms with van der Waals surface area (Å²) in [5, 5.41) is 0. The third-order valence-corrected chi connectivity index (χ3v) is 0. The molecule has 0 aromatic heterocycles. The third-order valence-electron chi connectivity index (χ3n) is 0. The minimum absolute atomic E-state index is 1.09. The molecule has 4 heteroatoms. The van der Waals surface area contributed by atoms with Crippen LogP contribution >= 0.6 is 28.5 Å². The summed E-state index contributed by atoms with van der Waals surface area (Å²) in [7, 11) is 0. The Balaban J connectivity index is 2.32. The van der Waals surface area contributed by atoms with Crippen molar-refractivity contribution in [1.29, 1.82) is 0 Å². The zero-order valence-corrected chi connectivity index (χ0v) is 4.83. The molecule has 0 saturated carbocycles. The van der Waals surface area contributed by atoms with Crippen molar-refractivity contribution < 1.29 is 11.2 Å². The van der Waals surface area contributed by atoms with Crippen LogP contribution in [-0.4, -0.2) is 0 Å². The van der Waals surface area contributed by atoms with Gasteiger partial charge in [-0.2, -0.15) is 0 Å². The first-order valence-electron chi connectivity index (χ1n) is 0.521. The molecular weight excluding hydrogens is 137 g/mol. The summed E-state index contributed by atoms with van der Waals surface area (Å²) >= 11 is 14.1. The van der Waals surface area contributed by atoms with Gasteiger partial charge in [-0.1, -0.05) is 0 Å². The molecule has 0 aromatic carbocycles. The van der Waals surface area contributed by atoms with Crippen LogP contribution in [0, 0.1) is 11.2 Å². The Morgan fingerprint density at radius 2 is 1.50 bits per heavy atom. The quantitative estimate of drug-likeness (QED) is 0.449. The van der Waals surface area contributed by atoms with Crippen molar-refractivity contribution in [1.82, 2.24) is 0 Å². The average Bonchev–Trinajstić information content (AvgIpc) is 0.811. The second-order valence-corrected chi connectivity index (χ2v) is 5.45. The van der Waals surface area contributed by atoms with Gasteiger partial charge in [-0.05, 0) is 22.5 Å². The molecule has 4 heavy (non-hydrogen) atoms. The Hall–Kier alpha value is 1.30. The minimum atomic E-state index is -1.09. The van der Waals surface area contributed by atoms with Gasteiger partial charge in [0.1, 0.15) is 0 Å². The number of rotatable bonds is 0.